The molecule has 5 heteroatoms. The van der Waals surface area contributed by atoms with Gasteiger partial charge in [-0.2, -0.15) is 0 Å². The smallest absolute Gasteiger partial charge is 0.229 e. The maximum absolute atomic E-state index is 11.1. The van der Waals surface area contributed by atoms with Crippen molar-refractivity contribution in [3.63, 3.8) is 0 Å². The minimum absolute atomic E-state index is 0.573. The number of terminal acetylenes is 1. The van der Waals surface area contributed by atoms with Crippen molar-refractivity contribution in [1.82, 2.24) is 0 Å². The second-order valence-corrected chi connectivity index (χ2v) is 6.78. The van der Waals surface area contributed by atoms with Crippen LogP contribution in [-0.2, 0) is 16.6 Å². The molecule has 1 rings (SSSR count). The van der Waals surface area contributed by atoms with E-state index in [-0.39, 0.29) is 0 Å². The van der Waals surface area contributed by atoms with Crippen molar-refractivity contribution in [3.8, 4) is 12.3 Å². The number of benzene rings is 1. The molecule has 0 bridgehead atoms. The average Bonchev–Trinajstić information content (AvgIpc) is 2.18. The molecule has 0 aliphatic heterocycles. The SMILES string of the molecule is C#CC[N+](C)(C)Cc1ccc(NS(C)(=O)=O)cc1. The summed E-state index contributed by atoms with van der Waals surface area (Å²) in [5, 5.41) is 0. The normalized spacial score (nSPS) is 11.9. The van der Waals surface area contributed by atoms with Gasteiger partial charge in [0.05, 0.1) is 20.4 Å². The predicted molar refractivity (Wildman–Crippen MR) is 74.4 cm³/mol. The first-order valence-corrected chi connectivity index (χ1v) is 7.43. The highest BCUT2D eigenvalue weighted by Gasteiger charge is 2.14. The molecule has 0 heterocycles. The molecular weight excluding hydrogens is 248 g/mol. The second kappa shape index (κ2) is 5.42. The fourth-order valence-corrected chi connectivity index (χ4v) is 2.25. The summed E-state index contributed by atoms with van der Waals surface area (Å²) in [4.78, 5) is 0. The van der Waals surface area contributed by atoms with E-state index in [1.807, 2.05) is 12.1 Å². The number of hydrogen-bond donors (Lipinski definition) is 1. The van der Waals surface area contributed by atoms with E-state index in [1.54, 1.807) is 12.1 Å². The van der Waals surface area contributed by atoms with Crippen molar-refractivity contribution in [2.24, 2.45) is 0 Å². The third-order valence-electron chi connectivity index (χ3n) is 2.39. The van der Waals surface area contributed by atoms with E-state index in [0.717, 1.165) is 18.4 Å². The zero-order valence-corrected chi connectivity index (χ0v) is 11.8. The van der Waals surface area contributed by atoms with Crippen LogP contribution in [0.3, 0.4) is 0 Å². The summed E-state index contributed by atoms with van der Waals surface area (Å²) in [6, 6.07) is 7.33. The van der Waals surface area contributed by atoms with Crippen LogP contribution in [-0.4, -0.2) is 39.8 Å². The minimum Gasteiger partial charge on any atom is -0.315 e. The van der Waals surface area contributed by atoms with Gasteiger partial charge < -0.3 is 4.48 Å². The highest BCUT2D eigenvalue weighted by molar-refractivity contribution is 7.92. The fourth-order valence-electron chi connectivity index (χ4n) is 1.69. The maximum Gasteiger partial charge on any atom is 0.229 e. The second-order valence-electron chi connectivity index (χ2n) is 5.03. The van der Waals surface area contributed by atoms with Gasteiger partial charge in [0.25, 0.3) is 0 Å². The van der Waals surface area contributed by atoms with Crippen LogP contribution >= 0.6 is 0 Å². The van der Waals surface area contributed by atoms with Gasteiger partial charge in [0.2, 0.25) is 10.0 Å². The van der Waals surface area contributed by atoms with Gasteiger partial charge in [-0.3, -0.25) is 4.72 Å². The number of nitrogens with one attached hydrogen (secondary N) is 1. The van der Waals surface area contributed by atoms with E-state index in [1.165, 1.54) is 0 Å². The Balaban J connectivity index is 2.75. The molecule has 0 saturated heterocycles. The summed E-state index contributed by atoms with van der Waals surface area (Å²) in [7, 11) is 0.902. The van der Waals surface area contributed by atoms with Gasteiger partial charge in [-0.05, 0) is 18.1 Å². The highest BCUT2D eigenvalue weighted by Crippen LogP contribution is 2.14. The largest absolute Gasteiger partial charge is 0.315 e. The zero-order chi connectivity index (χ0) is 13.8. The molecule has 0 saturated carbocycles. The zero-order valence-electron chi connectivity index (χ0n) is 11.0. The predicted octanol–water partition coefficient (Wildman–Crippen LogP) is 1.27. The molecule has 0 amide bonds. The number of quaternary nitrogens is 1. The van der Waals surface area contributed by atoms with Crippen LogP contribution in [0, 0.1) is 12.3 Å². The lowest BCUT2D eigenvalue weighted by Gasteiger charge is -2.27. The Labute approximate surface area is 109 Å². The minimum atomic E-state index is -3.21. The molecule has 0 unspecified atom stereocenters. The average molecular weight is 267 g/mol. The van der Waals surface area contributed by atoms with Gasteiger partial charge >= 0.3 is 0 Å². The molecule has 1 N–H and O–H groups in total. The van der Waals surface area contributed by atoms with Gasteiger partial charge in [0, 0.05) is 11.3 Å². The van der Waals surface area contributed by atoms with E-state index in [2.05, 4.69) is 24.7 Å². The van der Waals surface area contributed by atoms with Gasteiger partial charge in [-0.1, -0.05) is 12.1 Å². The number of rotatable bonds is 5. The van der Waals surface area contributed by atoms with Crippen LogP contribution in [0.1, 0.15) is 5.56 Å². The van der Waals surface area contributed by atoms with Crippen molar-refractivity contribution in [2.45, 2.75) is 6.54 Å². The molecule has 98 valence electrons. The highest BCUT2D eigenvalue weighted by atomic mass is 32.2. The first-order valence-electron chi connectivity index (χ1n) is 5.54. The van der Waals surface area contributed by atoms with Crippen molar-refractivity contribution in [2.75, 3.05) is 31.6 Å². The molecule has 0 aromatic heterocycles. The standard InChI is InChI=1S/C13H19N2O2S/c1-5-10-15(2,3)11-12-6-8-13(9-7-12)14-18(4,16)17/h1,6-9,14H,10-11H2,2-4H3/q+1. The molecule has 0 radical (unpaired) electrons. The summed E-state index contributed by atoms with van der Waals surface area (Å²) in [5.41, 5.74) is 1.69. The Morgan fingerprint density at radius 2 is 1.83 bits per heavy atom. The van der Waals surface area contributed by atoms with Gasteiger partial charge in [0.1, 0.15) is 13.1 Å². The Hall–Kier alpha value is -1.51. The monoisotopic (exact) mass is 267 g/mol. The third kappa shape index (κ3) is 5.21. The van der Waals surface area contributed by atoms with Crippen LogP contribution in [0.25, 0.3) is 0 Å². The molecule has 1 aromatic carbocycles. The van der Waals surface area contributed by atoms with E-state index in [9.17, 15) is 8.42 Å². The lowest BCUT2D eigenvalue weighted by atomic mass is 10.2. The lowest BCUT2D eigenvalue weighted by molar-refractivity contribution is -0.896. The van der Waals surface area contributed by atoms with Crippen LogP contribution < -0.4 is 4.72 Å². The van der Waals surface area contributed by atoms with Gasteiger partial charge in [0.15, 0.2) is 0 Å². The van der Waals surface area contributed by atoms with E-state index in [0.29, 0.717) is 16.7 Å². The number of sulfonamides is 1. The van der Waals surface area contributed by atoms with E-state index >= 15 is 0 Å². The third-order valence-corrected chi connectivity index (χ3v) is 2.99. The van der Waals surface area contributed by atoms with Gasteiger partial charge in [-0.15, -0.1) is 6.42 Å². The molecule has 0 spiro atoms. The molecule has 0 fully saturated rings. The topological polar surface area (TPSA) is 46.2 Å². The Bertz CT molecular complexity index is 539. The van der Waals surface area contributed by atoms with Gasteiger partial charge in [-0.25, -0.2) is 8.42 Å². The van der Waals surface area contributed by atoms with Crippen molar-refractivity contribution < 1.29 is 12.9 Å². The summed E-state index contributed by atoms with van der Waals surface area (Å²) in [5.74, 6) is 2.65. The van der Waals surface area contributed by atoms with E-state index < -0.39 is 10.0 Å². The van der Waals surface area contributed by atoms with E-state index in [4.69, 9.17) is 6.42 Å². The molecule has 0 aliphatic carbocycles. The maximum atomic E-state index is 11.1. The number of nitrogens with zero attached hydrogens (tertiary/aromatic N) is 1. The van der Waals surface area contributed by atoms with Crippen LogP contribution in [0.5, 0.6) is 0 Å². The molecule has 18 heavy (non-hydrogen) atoms. The van der Waals surface area contributed by atoms with Crippen LogP contribution in [0.15, 0.2) is 24.3 Å². The van der Waals surface area contributed by atoms with Crippen LogP contribution in [0.2, 0.25) is 0 Å². The quantitative estimate of drug-likeness (QED) is 0.645. The van der Waals surface area contributed by atoms with Crippen LogP contribution in [0.4, 0.5) is 5.69 Å². The Kier molecular flexibility index (Phi) is 4.38. The molecule has 0 atom stereocenters. The first-order chi connectivity index (χ1) is 8.22. The number of hydrogen-bond acceptors (Lipinski definition) is 2. The Morgan fingerprint density at radius 3 is 2.28 bits per heavy atom. The molecule has 4 nitrogen and oxygen atoms in total. The summed E-state index contributed by atoms with van der Waals surface area (Å²) in [6.45, 7) is 1.46. The summed E-state index contributed by atoms with van der Waals surface area (Å²) >= 11 is 0. The van der Waals surface area contributed by atoms with Crippen molar-refractivity contribution in [3.05, 3.63) is 29.8 Å². The number of anilines is 1. The summed E-state index contributed by atoms with van der Waals surface area (Å²) < 4.78 is 25.3. The lowest BCUT2D eigenvalue weighted by Crippen LogP contribution is -2.38. The molecule has 0 aliphatic rings. The Morgan fingerprint density at radius 1 is 1.28 bits per heavy atom. The first kappa shape index (κ1) is 14.6. The van der Waals surface area contributed by atoms with Crippen molar-refractivity contribution in [1.29, 1.82) is 0 Å². The molecular formula is C13H19N2O2S+. The molecule has 1 aromatic rings. The van der Waals surface area contributed by atoms with Crippen molar-refractivity contribution >= 4 is 15.7 Å². The fraction of sp³-hybridized carbons (Fsp3) is 0.385. The summed E-state index contributed by atoms with van der Waals surface area (Å²) in [6.07, 6.45) is 6.45.